The fraction of sp³-hybridized carbons (Fsp3) is 0.250. The van der Waals surface area contributed by atoms with Crippen LogP contribution in [0.25, 0.3) is 11.3 Å². The van der Waals surface area contributed by atoms with Crippen LogP contribution in [0.15, 0.2) is 18.2 Å². The molecule has 0 radical (unpaired) electrons. The summed E-state index contributed by atoms with van der Waals surface area (Å²) in [6, 6.07) is 4.62. The zero-order chi connectivity index (χ0) is 11.9. The first-order valence-electron chi connectivity index (χ1n) is 5.06. The molecule has 0 amide bonds. The van der Waals surface area contributed by atoms with Crippen molar-refractivity contribution in [2.24, 2.45) is 7.05 Å². The number of benzene rings is 1. The van der Waals surface area contributed by atoms with E-state index in [-0.39, 0.29) is 5.82 Å². The quantitative estimate of drug-likeness (QED) is 0.800. The minimum Gasteiger partial charge on any atom is -0.383 e. The molecule has 0 aliphatic heterocycles. The Bertz CT molecular complexity index is 543. The smallest absolute Gasteiger partial charge is 0.131 e. The topological polar surface area (TPSA) is 43.8 Å². The van der Waals surface area contributed by atoms with Gasteiger partial charge in [-0.15, -0.1) is 0 Å². The molecule has 0 bridgehead atoms. The Hall–Kier alpha value is -1.84. The highest BCUT2D eigenvalue weighted by Crippen LogP contribution is 2.28. The van der Waals surface area contributed by atoms with Gasteiger partial charge in [-0.3, -0.25) is 0 Å². The number of aryl methyl sites for hydroxylation is 2. The van der Waals surface area contributed by atoms with E-state index in [9.17, 15) is 4.39 Å². The molecule has 0 aliphatic rings. The van der Waals surface area contributed by atoms with Crippen molar-refractivity contribution in [2.45, 2.75) is 13.8 Å². The van der Waals surface area contributed by atoms with Gasteiger partial charge in [-0.05, 0) is 37.6 Å². The number of aromatic nitrogens is 2. The number of hydrogen-bond donors (Lipinski definition) is 1. The van der Waals surface area contributed by atoms with Crippen LogP contribution < -0.4 is 5.73 Å². The van der Waals surface area contributed by atoms with Gasteiger partial charge in [0.2, 0.25) is 0 Å². The molecule has 2 N–H and O–H groups in total. The zero-order valence-corrected chi connectivity index (χ0v) is 9.58. The van der Waals surface area contributed by atoms with Crippen LogP contribution in [0.4, 0.5) is 10.2 Å². The molecule has 1 heterocycles. The summed E-state index contributed by atoms with van der Waals surface area (Å²) in [6.07, 6.45) is 0. The molecule has 84 valence electrons. The fourth-order valence-corrected chi connectivity index (χ4v) is 1.72. The maximum Gasteiger partial charge on any atom is 0.131 e. The molecule has 2 rings (SSSR count). The minimum absolute atomic E-state index is 0.243. The minimum atomic E-state index is -0.243. The second-order valence-corrected chi connectivity index (χ2v) is 3.91. The van der Waals surface area contributed by atoms with Crippen molar-refractivity contribution < 1.29 is 4.39 Å². The van der Waals surface area contributed by atoms with Gasteiger partial charge < -0.3 is 10.3 Å². The second-order valence-electron chi connectivity index (χ2n) is 3.91. The van der Waals surface area contributed by atoms with Gasteiger partial charge in [0.25, 0.3) is 0 Å². The first-order chi connectivity index (χ1) is 7.50. The molecule has 0 saturated carbocycles. The number of imidazole rings is 1. The number of nitrogens with two attached hydrogens (primary N) is 1. The molecule has 0 aliphatic carbocycles. The zero-order valence-electron chi connectivity index (χ0n) is 9.58. The van der Waals surface area contributed by atoms with E-state index in [0.717, 1.165) is 22.6 Å². The average molecular weight is 219 g/mol. The molecule has 0 unspecified atom stereocenters. The highest BCUT2D eigenvalue weighted by atomic mass is 19.1. The van der Waals surface area contributed by atoms with Crippen molar-refractivity contribution in [2.75, 3.05) is 5.73 Å². The average Bonchev–Trinajstić information content (AvgIpc) is 2.46. The molecule has 4 heteroatoms. The van der Waals surface area contributed by atoms with Gasteiger partial charge in [0.1, 0.15) is 23.2 Å². The van der Waals surface area contributed by atoms with Crippen molar-refractivity contribution >= 4 is 5.82 Å². The van der Waals surface area contributed by atoms with Crippen LogP contribution in [-0.4, -0.2) is 9.55 Å². The van der Waals surface area contributed by atoms with Crippen molar-refractivity contribution in [1.29, 1.82) is 0 Å². The van der Waals surface area contributed by atoms with E-state index in [1.807, 2.05) is 25.5 Å². The van der Waals surface area contributed by atoms with Gasteiger partial charge in [-0.1, -0.05) is 0 Å². The fourth-order valence-electron chi connectivity index (χ4n) is 1.72. The van der Waals surface area contributed by atoms with E-state index in [4.69, 9.17) is 5.73 Å². The monoisotopic (exact) mass is 219 g/mol. The summed E-state index contributed by atoms with van der Waals surface area (Å²) in [4.78, 5) is 4.39. The van der Waals surface area contributed by atoms with Gasteiger partial charge in [0.05, 0.1) is 0 Å². The number of nitrogens with zero attached hydrogens (tertiary/aromatic N) is 2. The van der Waals surface area contributed by atoms with Gasteiger partial charge in [-0.2, -0.15) is 0 Å². The van der Waals surface area contributed by atoms with Crippen LogP contribution in [0.5, 0.6) is 0 Å². The molecule has 1 aromatic heterocycles. The SMILES string of the molecule is Cc1cc(F)ccc1-c1nc(C)n(C)c1N. The normalized spacial score (nSPS) is 10.8. The highest BCUT2D eigenvalue weighted by molar-refractivity contribution is 5.73. The molecule has 2 aromatic rings. The Kier molecular flexibility index (Phi) is 2.42. The molecule has 16 heavy (non-hydrogen) atoms. The standard InChI is InChI=1S/C12H14FN3/c1-7-6-9(13)4-5-10(7)11-12(14)16(3)8(2)15-11/h4-6H,14H2,1-3H3. The predicted octanol–water partition coefficient (Wildman–Crippen LogP) is 2.43. The number of halogens is 1. The molecular weight excluding hydrogens is 205 g/mol. The van der Waals surface area contributed by atoms with E-state index >= 15 is 0 Å². The third-order valence-corrected chi connectivity index (χ3v) is 2.81. The number of nitrogen functional groups attached to an aromatic ring is 1. The van der Waals surface area contributed by atoms with Crippen LogP contribution >= 0.6 is 0 Å². The first-order valence-corrected chi connectivity index (χ1v) is 5.06. The largest absolute Gasteiger partial charge is 0.383 e. The lowest BCUT2D eigenvalue weighted by molar-refractivity contribution is 0.627. The molecule has 0 saturated heterocycles. The van der Waals surface area contributed by atoms with Crippen molar-refractivity contribution in [3.63, 3.8) is 0 Å². The van der Waals surface area contributed by atoms with E-state index in [1.54, 1.807) is 6.07 Å². The van der Waals surface area contributed by atoms with Crippen molar-refractivity contribution in [3.05, 3.63) is 35.4 Å². The van der Waals surface area contributed by atoms with Gasteiger partial charge in [0.15, 0.2) is 0 Å². The molecular formula is C12H14FN3. The lowest BCUT2D eigenvalue weighted by Crippen LogP contribution is -1.98. The van der Waals surface area contributed by atoms with E-state index in [1.165, 1.54) is 12.1 Å². The lowest BCUT2D eigenvalue weighted by atomic mass is 10.1. The Labute approximate surface area is 93.7 Å². The Balaban J connectivity index is 2.63. The predicted molar refractivity (Wildman–Crippen MR) is 62.5 cm³/mol. The molecule has 0 spiro atoms. The van der Waals surface area contributed by atoms with Gasteiger partial charge in [-0.25, -0.2) is 9.37 Å². The summed E-state index contributed by atoms with van der Waals surface area (Å²) >= 11 is 0. The summed E-state index contributed by atoms with van der Waals surface area (Å²) in [6.45, 7) is 3.74. The Morgan fingerprint density at radius 1 is 1.31 bits per heavy atom. The maximum absolute atomic E-state index is 13.0. The summed E-state index contributed by atoms with van der Waals surface area (Å²) in [7, 11) is 1.86. The molecule has 0 atom stereocenters. The van der Waals surface area contributed by atoms with Crippen LogP contribution in [-0.2, 0) is 7.05 Å². The lowest BCUT2D eigenvalue weighted by Gasteiger charge is -2.04. The van der Waals surface area contributed by atoms with E-state index in [2.05, 4.69) is 4.98 Å². The summed E-state index contributed by atoms with van der Waals surface area (Å²) in [5, 5.41) is 0. The highest BCUT2D eigenvalue weighted by Gasteiger charge is 2.13. The summed E-state index contributed by atoms with van der Waals surface area (Å²) in [5.41, 5.74) is 8.38. The van der Waals surface area contributed by atoms with Crippen LogP contribution in [0.3, 0.4) is 0 Å². The summed E-state index contributed by atoms with van der Waals surface area (Å²) in [5.74, 6) is 1.20. The van der Waals surface area contributed by atoms with Gasteiger partial charge in [0, 0.05) is 12.6 Å². The number of hydrogen-bond acceptors (Lipinski definition) is 2. The molecule has 3 nitrogen and oxygen atoms in total. The van der Waals surface area contributed by atoms with Crippen molar-refractivity contribution in [1.82, 2.24) is 9.55 Å². The third-order valence-electron chi connectivity index (χ3n) is 2.81. The molecule has 0 fully saturated rings. The number of rotatable bonds is 1. The maximum atomic E-state index is 13.0. The first kappa shape index (κ1) is 10.7. The molecule has 1 aromatic carbocycles. The van der Waals surface area contributed by atoms with E-state index < -0.39 is 0 Å². The third kappa shape index (κ3) is 1.56. The van der Waals surface area contributed by atoms with Crippen LogP contribution in [0.2, 0.25) is 0 Å². The number of anilines is 1. The van der Waals surface area contributed by atoms with Crippen LogP contribution in [0.1, 0.15) is 11.4 Å². The Morgan fingerprint density at radius 2 is 2.00 bits per heavy atom. The van der Waals surface area contributed by atoms with Crippen LogP contribution in [0, 0.1) is 19.7 Å². The van der Waals surface area contributed by atoms with E-state index in [0.29, 0.717) is 5.82 Å². The van der Waals surface area contributed by atoms with Crippen molar-refractivity contribution in [3.8, 4) is 11.3 Å². The second kappa shape index (κ2) is 3.63. The summed E-state index contributed by atoms with van der Waals surface area (Å²) < 4.78 is 14.8. The Morgan fingerprint density at radius 3 is 2.50 bits per heavy atom. The van der Waals surface area contributed by atoms with Gasteiger partial charge >= 0.3 is 0 Å².